The maximum Gasteiger partial charge on any atom is 0.416 e. The SMILES string of the molecule is Cc1cc([N+](=O)[O-])cc(C=Nc2cc(C(F)(F)F)ccc2N2CCOCC2)c1O. The Morgan fingerprint density at radius 1 is 1.24 bits per heavy atom. The number of aryl methyl sites for hydroxylation is 1. The first-order chi connectivity index (χ1) is 13.7. The second kappa shape index (κ2) is 8.08. The number of phenolic OH excluding ortho intramolecular Hbond substituents is 1. The number of halogens is 3. The number of anilines is 1. The van der Waals surface area contributed by atoms with Crippen molar-refractivity contribution in [3.63, 3.8) is 0 Å². The van der Waals surface area contributed by atoms with E-state index < -0.39 is 16.7 Å². The Morgan fingerprint density at radius 3 is 2.55 bits per heavy atom. The summed E-state index contributed by atoms with van der Waals surface area (Å²) in [5.41, 5.74) is -0.273. The van der Waals surface area contributed by atoms with E-state index in [0.29, 0.717) is 32.0 Å². The van der Waals surface area contributed by atoms with Gasteiger partial charge in [0.15, 0.2) is 0 Å². The molecule has 29 heavy (non-hydrogen) atoms. The Labute approximate surface area is 164 Å². The van der Waals surface area contributed by atoms with Crippen molar-refractivity contribution in [1.29, 1.82) is 0 Å². The molecule has 1 heterocycles. The fraction of sp³-hybridized carbons (Fsp3) is 0.316. The molecule has 1 saturated heterocycles. The summed E-state index contributed by atoms with van der Waals surface area (Å²) in [5.74, 6) is -0.223. The third-order valence-corrected chi connectivity index (χ3v) is 4.52. The van der Waals surface area contributed by atoms with Crippen molar-refractivity contribution in [2.24, 2.45) is 4.99 Å². The van der Waals surface area contributed by atoms with E-state index in [9.17, 15) is 28.4 Å². The molecule has 1 fully saturated rings. The molecule has 1 aliphatic rings. The topological polar surface area (TPSA) is 88.2 Å². The summed E-state index contributed by atoms with van der Waals surface area (Å²) in [5, 5.41) is 21.2. The first kappa shape index (κ1) is 20.6. The van der Waals surface area contributed by atoms with Gasteiger partial charge in [-0.25, -0.2) is 0 Å². The van der Waals surface area contributed by atoms with Gasteiger partial charge in [0, 0.05) is 37.0 Å². The first-order valence-electron chi connectivity index (χ1n) is 8.73. The standard InChI is InChI=1S/C19H18F3N3O4/c1-12-8-15(25(27)28)9-13(18(12)26)11-23-16-10-14(19(20,21)22)2-3-17(16)24-4-6-29-7-5-24/h2-3,8-11,26H,4-7H2,1H3. The summed E-state index contributed by atoms with van der Waals surface area (Å²) in [7, 11) is 0. The Hall–Kier alpha value is -3.14. The van der Waals surface area contributed by atoms with Crippen molar-refractivity contribution in [3.05, 3.63) is 57.1 Å². The quantitative estimate of drug-likeness (QED) is 0.464. The van der Waals surface area contributed by atoms with Gasteiger partial charge in [-0.3, -0.25) is 15.1 Å². The molecule has 7 nitrogen and oxygen atoms in total. The number of nitro groups is 1. The van der Waals surface area contributed by atoms with Crippen molar-refractivity contribution < 1.29 is 27.9 Å². The molecule has 0 aliphatic carbocycles. The molecule has 0 radical (unpaired) electrons. The van der Waals surface area contributed by atoms with E-state index in [0.717, 1.165) is 24.4 Å². The molecule has 0 atom stereocenters. The molecular formula is C19H18F3N3O4. The van der Waals surface area contributed by atoms with Crippen LogP contribution in [0, 0.1) is 17.0 Å². The molecule has 154 valence electrons. The maximum absolute atomic E-state index is 13.2. The molecule has 0 unspecified atom stereocenters. The van der Waals surface area contributed by atoms with Crippen LogP contribution in [0.2, 0.25) is 0 Å². The van der Waals surface area contributed by atoms with Gasteiger partial charge in [-0.15, -0.1) is 0 Å². The highest BCUT2D eigenvalue weighted by Gasteiger charge is 2.31. The summed E-state index contributed by atoms with van der Waals surface area (Å²) in [6.07, 6.45) is -3.41. The number of aliphatic imine (C=N–C) groups is 1. The van der Waals surface area contributed by atoms with Crippen LogP contribution in [0.4, 0.5) is 30.2 Å². The zero-order valence-corrected chi connectivity index (χ0v) is 15.4. The highest BCUT2D eigenvalue weighted by atomic mass is 19.4. The van der Waals surface area contributed by atoms with E-state index in [1.54, 1.807) is 0 Å². The largest absolute Gasteiger partial charge is 0.507 e. The van der Waals surface area contributed by atoms with Crippen molar-refractivity contribution in [2.75, 3.05) is 31.2 Å². The predicted octanol–water partition coefficient (Wildman–Crippen LogP) is 4.21. The summed E-state index contributed by atoms with van der Waals surface area (Å²) >= 11 is 0. The smallest absolute Gasteiger partial charge is 0.416 e. The monoisotopic (exact) mass is 409 g/mol. The second-order valence-electron chi connectivity index (χ2n) is 6.52. The number of hydrogen-bond donors (Lipinski definition) is 1. The van der Waals surface area contributed by atoms with Crippen LogP contribution in [-0.2, 0) is 10.9 Å². The van der Waals surface area contributed by atoms with Gasteiger partial charge < -0.3 is 14.7 Å². The van der Waals surface area contributed by atoms with Crippen molar-refractivity contribution >= 4 is 23.3 Å². The lowest BCUT2D eigenvalue weighted by atomic mass is 10.1. The van der Waals surface area contributed by atoms with Gasteiger partial charge in [0.05, 0.1) is 35.1 Å². The Kier molecular flexibility index (Phi) is 5.73. The molecule has 0 aromatic heterocycles. The van der Waals surface area contributed by atoms with Crippen LogP contribution >= 0.6 is 0 Å². The Balaban J connectivity index is 2.05. The summed E-state index contributed by atoms with van der Waals surface area (Å²) in [6, 6.07) is 5.57. The summed E-state index contributed by atoms with van der Waals surface area (Å²) in [4.78, 5) is 16.4. The molecule has 0 spiro atoms. The second-order valence-corrected chi connectivity index (χ2v) is 6.52. The third kappa shape index (κ3) is 4.65. The predicted molar refractivity (Wildman–Crippen MR) is 101 cm³/mol. The fourth-order valence-electron chi connectivity index (χ4n) is 3.00. The van der Waals surface area contributed by atoms with Gasteiger partial charge in [-0.2, -0.15) is 13.2 Å². The average Bonchev–Trinajstić information content (AvgIpc) is 2.68. The molecular weight excluding hydrogens is 391 g/mol. The van der Waals surface area contributed by atoms with Crippen LogP contribution in [-0.4, -0.2) is 42.5 Å². The molecule has 3 rings (SSSR count). The number of non-ortho nitro benzene ring substituents is 1. The highest BCUT2D eigenvalue weighted by Crippen LogP contribution is 2.37. The average molecular weight is 409 g/mol. The van der Waals surface area contributed by atoms with Crippen LogP contribution in [0.25, 0.3) is 0 Å². The fourth-order valence-corrected chi connectivity index (χ4v) is 3.00. The van der Waals surface area contributed by atoms with E-state index >= 15 is 0 Å². The van der Waals surface area contributed by atoms with Crippen LogP contribution in [0.15, 0.2) is 35.3 Å². The van der Waals surface area contributed by atoms with Crippen molar-refractivity contribution in [2.45, 2.75) is 13.1 Å². The van der Waals surface area contributed by atoms with Crippen LogP contribution < -0.4 is 4.90 Å². The molecule has 0 saturated carbocycles. The van der Waals surface area contributed by atoms with Gasteiger partial charge in [-0.05, 0) is 30.7 Å². The third-order valence-electron chi connectivity index (χ3n) is 4.52. The number of alkyl halides is 3. The minimum Gasteiger partial charge on any atom is -0.507 e. The lowest BCUT2D eigenvalue weighted by Crippen LogP contribution is -2.36. The van der Waals surface area contributed by atoms with Gasteiger partial charge in [-0.1, -0.05) is 0 Å². The van der Waals surface area contributed by atoms with Crippen molar-refractivity contribution in [1.82, 2.24) is 0 Å². The summed E-state index contributed by atoms with van der Waals surface area (Å²) < 4.78 is 44.8. The van der Waals surface area contributed by atoms with Crippen LogP contribution in [0.1, 0.15) is 16.7 Å². The number of phenols is 1. The van der Waals surface area contributed by atoms with E-state index in [4.69, 9.17) is 4.74 Å². The number of nitrogens with zero attached hydrogens (tertiary/aromatic N) is 3. The first-order valence-corrected chi connectivity index (χ1v) is 8.73. The number of aromatic hydroxyl groups is 1. The minimum absolute atomic E-state index is 0.0436. The van der Waals surface area contributed by atoms with E-state index in [1.807, 2.05) is 4.90 Å². The highest BCUT2D eigenvalue weighted by molar-refractivity contribution is 5.88. The number of ether oxygens (including phenoxy) is 1. The van der Waals surface area contributed by atoms with Gasteiger partial charge >= 0.3 is 6.18 Å². The number of rotatable bonds is 4. The minimum atomic E-state index is -4.54. The molecule has 1 N–H and O–H groups in total. The van der Waals surface area contributed by atoms with E-state index in [2.05, 4.69) is 4.99 Å². The Morgan fingerprint density at radius 2 is 1.93 bits per heavy atom. The van der Waals surface area contributed by atoms with Crippen LogP contribution in [0.5, 0.6) is 5.75 Å². The maximum atomic E-state index is 13.2. The van der Waals surface area contributed by atoms with Gasteiger partial charge in [0.2, 0.25) is 0 Å². The number of hydrogen-bond acceptors (Lipinski definition) is 6. The van der Waals surface area contributed by atoms with Crippen LogP contribution in [0.3, 0.4) is 0 Å². The molecule has 1 aliphatic heterocycles. The molecule has 0 bridgehead atoms. The Bertz CT molecular complexity index is 954. The number of benzene rings is 2. The molecule has 2 aromatic rings. The molecule has 2 aromatic carbocycles. The molecule has 10 heteroatoms. The lowest BCUT2D eigenvalue weighted by molar-refractivity contribution is -0.384. The number of morpholine rings is 1. The summed E-state index contributed by atoms with van der Waals surface area (Å²) in [6.45, 7) is 3.36. The zero-order chi connectivity index (χ0) is 21.2. The van der Waals surface area contributed by atoms with E-state index in [1.165, 1.54) is 19.1 Å². The zero-order valence-electron chi connectivity index (χ0n) is 15.4. The molecule has 0 amide bonds. The van der Waals surface area contributed by atoms with Gasteiger partial charge in [0.1, 0.15) is 5.75 Å². The van der Waals surface area contributed by atoms with E-state index in [-0.39, 0.29) is 28.3 Å². The van der Waals surface area contributed by atoms with Crippen molar-refractivity contribution in [3.8, 4) is 5.75 Å². The normalized spacial score (nSPS) is 15.1. The van der Waals surface area contributed by atoms with Gasteiger partial charge in [0.25, 0.3) is 5.69 Å². The number of nitro benzene ring substituents is 1. The lowest BCUT2D eigenvalue weighted by Gasteiger charge is -2.30.